The molecule has 2 heterocycles. The second-order valence-corrected chi connectivity index (χ2v) is 11.5. The summed E-state index contributed by atoms with van der Waals surface area (Å²) in [7, 11) is 0. The summed E-state index contributed by atoms with van der Waals surface area (Å²) < 4.78 is 2.15. The quantitative estimate of drug-likeness (QED) is 0.370. The highest BCUT2D eigenvalue weighted by Gasteiger charge is 2.30. The minimum Gasteiger partial charge on any atom is -0.307 e. The Morgan fingerprint density at radius 3 is 2.16 bits per heavy atom. The minimum atomic E-state index is 0.244. The van der Waals surface area contributed by atoms with Crippen molar-refractivity contribution in [1.82, 2.24) is 15.0 Å². The SMILES string of the molecule is O=C(CC1CCCCCCCC1)N1Cc2ccccc2-c2c(nnn2CC2CCCC2)-c2ccccc21. The van der Waals surface area contributed by atoms with Gasteiger partial charge in [-0.2, -0.15) is 0 Å². The van der Waals surface area contributed by atoms with E-state index in [1.165, 1.54) is 82.6 Å². The van der Waals surface area contributed by atoms with Crippen molar-refractivity contribution >= 4 is 11.6 Å². The van der Waals surface area contributed by atoms with Gasteiger partial charge in [0.25, 0.3) is 0 Å². The fourth-order valence-corrected chi connectivity index (χ4v) is 6.88. The van der Waals surface area contributed by atoms with Crippen LogP contribution in [0.15, 0.2) is 48.5 Å². The predicted octanol–water partition coefficient (Wildman–Crippen LogP) is 7.79. The van der Waals surface area contributed by atoms with Crippen LogP contribution in [0.3, 0.4) is 0 Å². The van der Waals surface area contributed by atoms with Crippen LogP contribution in [0.5, 0.6) is 0 Å². The number of anilines is 1. The molecular weight excluding hydrogens is 456 g/mol. The highest BCUT2D eigenvalue weighted by molar-refractivity contribution is 6.00. The molecule has 1 amide bonds. The molecule has 0 saturated heterocycles. The minimum absolute atomic E-state index is 0.244. The van der Waals surface area contributed by atoms with Crippen LogP contribution >= 0.6 is 0 Å². The highest BCUT2D eigenvalue weighted by atomic mass is 16.2. The van der Waals surface area contributed by atoms with Crippen LogP contribution in [0.2, 0.25) is 0 Å². The number of aromatic nitrogens is 3. The van der Waals surface area contributed by atoms with Crippen LogP contribution in [-0.2, 0) is 17.9 Å². The average molecular weight is 497 g/mol. The monoisotopic (exact) mass is 496 g/mol. The van der Waals surface area contributed by atoms with Gasteiger partial charge in [-0.05, 0) is 49.1 Å². The molecule has 0 spiro atoms. The Labute approximate surface area is 221 Å². The maximum absolute atomic E-state index is 14.0. The molecule has 0 unspecified atom stereocenters. The fourth-order valence-electron chi connectivity index (χ4n) is 6.88. The third kappa shape index (κ3) is 5.23. The lowest BCUT2D eigenvalue weighted by Crippen LogP contribution is -2.33. The Morgan fingerprint density at radius 2 is 1.38 bits per heavy atom. The number of fused-ring (bicyclic) bond motifs is 5. The van der Waals surface area contributed by atoms with Crippen LogP contribution < -0.4 is 4.90 Å². The highest BCUT2D eigenvalue weighted by Crippen LogP contribution is 2.42. The molecule has 0 N–H and O–H groups in total. The number of para-hydroxylation sites is 1. The first-order valence-corrected chi connectivity index (χ1v) is 14.7. The van der Waals surface area contributed by atoms with Crippen molar-refractivity contribution in [1.29, 1.82) is 0 Å². The summed E-state index contributed by atoms with van der Waals surface area (Å²) in [5, 5.41) is 9.46. The van der Waals surface area contributed by atoms with E-state index in [9.17, 15) is 4.79 Å². The van der Waals surface area contributed by atoms with Gasteiger partial charge in [0, 0.05) is 24.1 Å². The van der Waals surface area contributed by atoms with E-state index in [2.05, 4.69) is 53.2 Å². The van der Waals surface area contributed by atoms with Crippen molar-refractivity contribution < 1.29 is 4.79 Å². The van der Waals surface area contributed by atoms with Crippen LogP contribution in [-0.4, -0.2) is 20.9 Å². The largest absolute Gasteiger partial charge is 0.307 e. The molecular formula is C32H40N4O. The van der Waals surface area contributed by atoms with Gasteiger partial charge in [-0.3, -0.25) is 4.79 Å². The van der Waals surface area contributed by atoms with Crippen molar-refractivity contribution in [3.05, 3.63) is 54.1 Å². The van der Waals surface area contributed by atoms with Crippen LogP contribution in [0.25, 0.3) is 22.5 Å². The first kappa shape index (κ1) is 24.4. The molecule has 5 nitrogen and oxygen atoms in total. The summed E-state index contributed by atoms with van der Waals surface area (Å²) in [6.45, 7) is 1.51. The zero-order valence-electron chi connectivity index (χ0n) is 22.1. The maximum Gasteiger partial charge on any atom is 0.227 e. The smallest absolute Gasteiger partial charge is 0.227 e. The lowest BCUT2D eigenvalue weighted by molar-refractivity contribution is -0.119. The molecule has 2 saturated carbocycles. The van der Waals surface area contributed by atoms with E-state index in [1.807, 2.05) is 4.90 Å². The summed E-state index contributed by atoms with van der Waals surface area (Å²) in [6, 6.07) is 16.9. The number of amides is 1. The topological polar surface area (TPSA) is 51.0 Å². The van der Waals surface area contributed by atoms with Crippen molar-refractivity contribution in [3.63, 3.8) is 0 Å². The molecule has 5 heteroatoms. The molecule has 3 aliphatic rings. The summed E-state index contributed by atoms with van der Waals surface area (Å²) in [5.41, 5.74) is 6.34. The molecule has 2 aliphatic carbocycles. The van der Waals surface area contributed by atoms with Crippen molar-refractivity contribution in [2.24, 2.45) is 11.8 Å². The van der Waals surface area contributed by atoms with E-state index < -0.39 is 0 Å². The Hall–Kier alpha value is -2.95. The molecule has 3 aromatic rings. The van der Waals surface area contributed by atoms with Crippen LogP contribution in [0.4, 0.5) is 5.69 Å². The van der Waals surface area contributed by atoms with Gasteiger partial charge in [-0.15, -0.1) is 5.10 Å². The van der Waals surface area contributed by atoms with Gasteiger partial charge in [0.15, 0.2) is 0 Å². The van der Waals surface area contributed by atoms with E-state index in [1.54, 1.807) is 0 Å². The van der Waals surface area contributed by atoms with E-state index >= 15 is 0 Å². The van der Waals surface area contributed by atoms with E-state index in [-0.39, 0.29) is 5.91 Å². The lowest BCUT2D eigenvalue weighted by atomic mass is 9.91. The van der Waals surface area contributed by atoms with Gasteiger partial charge in [0.1, 0.15) is 5.69 Å². The molecule has 1 aromatic heterocycles. The number of benzene rings is 2. The number of nitrogens with zero attached hydrogens (tertiary/aromatic N) is 4. The van der Waals surface area contributed by atoms with Gasteiger partial charge in [-0.1, -0.05) is 99.0 Å². The number of carbonyl (C=O) groups excluding carboxylic acids is 1. The zero-order valence-corrected chi connectivity index (χ0v) is 22.1. The molecule has 1 aliphatic heterocycles. The first-order chi connectivity index (χ1) is 18.3. The second-order valence-electron chi connectivity index (χ2n) is 11.5. The van der Waals surface area contributed by atoms with Gasteiger partial charge >= 0.3 is 0 Å². The van der Waals surface area contributed by atoms with Gasteiger partial charge < -0.3 is 4.90 Å². The number of hydrogen-bond acceptors (Lipinski definition) is 3. The Morgan fingerprint density at radius 1 is 0.757 bits per heavy atom. The van der Waals surface area contributed by atoms with Gasteiger partial charge in [0.2, 0.25) is 5.91 Å². The third-order valence-electron chi connectivity index (χ3n) is 8.93. The number of hydrogen-bond donors (Lipinski definition) is 0. The molecule has 6 rings (SSSR count). The first-order valence-electron chi connectivity index (χ1n) is 14.7. The summed E-state index contributed by atoms with van der Waals surface area (Å²) >= 11 is 0. The predicted molar refractivity (Wildman–Crippen MR) is 149 cm³/mol. The van der Waals surface area contributed by atoms with Gasteiger partial charge in [-0.25, -0.2) is 4.68 Å². The van der Waals surface area contributed by atoms with Crippen molar-refractivity contribution in [2.45, 2.75) is 96.6 Å². The average Bonchev–Trinajstić information content (AvgIpc) is 3.59. The third-order valence-corrected chi connectivity index (χ3v) is 8.93. The van der Waals surface area contributed by atoms with Gasteiger partial charge in [0.05, 0.1) is 17.9 Å². The van der Waals surface area contributed by atoms with E-state index in [4.69, 9.17) is 10.3 Å². The Balaban J connectivity index is 1.38. The van der Waals surface area contributed by atoms with Crippen molar-refractivity contribution in [2.75, 3.05) is 4.90 Å². The standard InChI is InChI=1S/C32H40N4O/c37-30(21-24-13-5-3-1-2-4-6-14-24)35-23-26-17-9-10-18-27(26)32-31(28-19-11-12-20-29(28)35)33-34-36(32)22-25-15-7-8-16-25/h9-12,17-20,24-25H,1-8,13-16,21-23H2. The normalized spacial score (nSPS) is 19.1. The summed E-state index contributed by atoms with van der Waals surface area (Å²) in [4.78, 5) is 16.1. The Bertz CT molecular complexity index is 1220. The van der Waals surface area contributed by atoms with E-state index in [0.29, 0.717) is 24.8 Å². The Kier molecular flexibility index (Phi) is 7.38. The molecule has 2 fully saturated rings. The molecule has 2 aromatic carbocycles. The zero-order chi connectivity index (χ0) is 25.0. The van der Waals surface area contributed by atoms with Crippen molar-refractivity contribution in [3.8, 4) is 22.5 Å². The fraction of sp³-hybridized carbons (Fsp3) is 0.531. The van der Waals surface area contributed by atoms with Crippen LogP contribution in [0.1, 0.15) is 89.0 Å². The second kappa shape index (κ2) is 11.2. The van der Waals surface area contributed by atoms with Crippen LogP contribution in [0, 0.1) is 11.8 Å². The van der Waals surface area contributed by atoms with E-state index in [0.717, 1.165) is 34.7 Å². The molecule has 0 radical (unpaired) electrons. The molecule has 194 valence electrons. The molecule has 0 atom stereocenters. The number of carbonyl (C=O) groups is 1. The maximum atomic E-state index is 14.0. The summed E-state index contributed by atoms with van der Waals surface area (Å²) in [6.07, 6.45) is 16.0. The number of rotatable bonds is 4. The summed E-state index contributed by atoms with van der Waals surface area (Å²) in [5.74, 6) is 1.40. The lowest BCUT2D eigenvalue weighted by Gasteiger charge is -2.30. The molecule has 0 bridgehead atoms. The molecule has 37 heavy (non-hydrogen) atoms.